The lowest BCUT2D eigenvalue weighted by Gasteiger charge is -2.25. The molecule has 4 rings (SSSR count). The van der Waals surface area contributed by atoms with Crippen LogP contribution in [0.5, 0.6) is 0 Å². The molecule has 0 N–H and O–H groups in total. The first-order chi connectivity index (χ1) is 11.5. The highest BCUT2D eigenvalue weighted by Gasteiger charge is 2.26. The number of piperidine rings is 1. The molecule has 3 aromatic rings. The van der Waals surface area contributed by atoms with Crippen LogP contribution in [0.3, 0.4) is 0 Å². The van der Waals surface area contributed by atoms with Crippen molar-refractivity contribution in [1.82, 2.24) is 18.9 Å². The summed E-state index contributed by atoms with van der Waals surface area (Å²) in [5.41, 5.74) is 0.149. The Bertz CT molecular complexity index is 1100. The Morgan fingerprint density at radius 3 is 2.67 bits per heavy atom. The lowest BCUT2D eigenvalue weighted by atomic mass is 10.2. The van der Waals surface area contributed by atoms with Crippen molar-refractivity contribution in [3.05, 3.63) is 33.6 Å². The molecule has 0 bridgehead atoms. The number of aromatic nitrogens is 3. The predicted molar refractivity (Wildman–Crippen MR) is 92.0 cm³/mol. The third-order valence-corrected chi connectivity index (χ3v) is 6.96. The number of fused-ring (bicyclic) bond motifs is 3. The molecule has 2 aromatic heterocycles. The Hall–Kier alpha value is -1.84. The summed E-state index contributed by atoms with van der Waals surface area (Å²) in [7, 11) is -3.58. The van der Waals surface area contributed by atoms with E-state index in [2.05, 4.69) is 10.1 Å². The molecule has 0 spiro atoms. The smallest absolute Gasteiger partial charge is 0.267 e. The van der Waals surface area contributed by atoms with Crippen LogP contribution in [0.1, 0.15) is 24.3 Å². The standard InChI is InChI=1S/C15H16N4O3S2/c1-10-17-19-13-6-5-11(9-12(13)14(20)16-15(19)23-10)24(21,22)18-7-3-2-4-8-18/h5-6,9H,2-4,7-8H2,1H3. The molecule has 1 aromatic carbocycles. The van der Waals surface area contributed by atoms with E-state index >= 15 is 0 Å². The molecule has 0 amide bonds. The van der Waals surface area contributed by atoms with Crippen molar-refractivity contribution in [3.63, 3.8) is 0 Å². The van der Waals surface area contributed by atoms with E-state index in [4.69, 9.17) is 0 Å². The maximum atomic E-state index is 12.8. The summed E-state index contributed by atoms with van der Waals surface area (Å²) in [5, 5.41) is 5.40. The summed E-state index contributed by atoms with van der Waals surface area (Å²) in [6.07, 6.45) is 2.79. The van der Waals surface area contributed by atoms with Crippen molar-refractivity contribution >= 4 is 37.2 Å². The van der Waals surface area contributed by atoms with Crippen molar-refractivity contribution in [3.8, 4) is 0 Å². The van der Waals surface area contributed by atoms with Gasteiger partial charge in [-0.05, 0) is 38.0 Å². The van der Waals surface area contributed by atoms with Crippen LogP contribution in [0, 0.1) is 6.92 Å². The molecule has 0 saturated carbocycles. The number of aryl methyl sites for hydroxylation is 1. The molecule has 0 unspecified atom stereocenters. The number of benzene rings is 1. The zero-order valence-electron chi connectivity index (χ0n) is 13.1. The Morgan fingerprint density at radius 2 is 1.92 bits per heavy atom. The fourth-order valence-electron chi connectivity index (χ4n) is 3.04. The third-order valence-electron chi connectivity index (χ3n) is 4.24. The first-order valence-corrected chi connectivity index (χ1v) is 10.0. The molecule has 0 aliphatic carbocycles. The molecular weight excluding hydrogens is 348 g/mol. The van der Waals surface area contributed by atoms with Crippen LogP contribution in [0.2, 0.25) is 0 Å². The SMILES string of the molecule is Cc1nn2c(nc(=O)c3cc(S(=O)(=O)N4CCCCC4)ccc32)s1. The average Bonchev–Trinajstić information content (AvgIpc) is 2.95. The molecule has 0 atom stereocenters. The van der Waals surface area contributed by atoms with E-state index < -0.39 is 15.6 Å². The van der Waals surface area contributed by atoms with Crippen LogP contribution in [0.4, 0.5) is 0 Å². The topological polar surface area (TPSA) is 84.6 Å². The van der Waals surface area contributed by atoms with E-state index in [1.807, 2.05) is 6.92 Å². The molecular formula is C15H16N4O3S2. The minimum absolute atomic E-state index is 0.141. The quantitative estimate of drug-likeness (QED) is 0.692. The first kappa shape index (κ1) is 15.7. The van der Waals surface area contributed by atoms with Crippen molar-refractivity contribution in [1.29, 1.82) is 0 Å². The fraction of sp³-hybridized carbons (Fsp3) is 0.400. The van der Waals surface area contributed by atoms with Crippen LogP contribution >= 0.6 is 11.3 Å². The molecule has 0 radical (unpaired) electrons. The van der Waals surface area contributed by atoms with E-state index in [0.717, 1.165) is 24.3 Å². The van der Waals surface area contributed by atoms with Crippen LogP contribution in [-0.2, 0) is 10.0 Å². The van der Waals surface area contributed by atoms with E-state index in [1.54, 1.807) is 16.6 Å². The van der Waals surface area contributed by atoms with Crippen LogP contribution in [-0.4, -0.2) is 40.4 Å². The van der Waals surface area contributed by atoms with Crippen molar-refractivity contribution < 1.29 is 8.42 Å². The second-order valence-corrected chi connectivity index (χ2v) is 8.97. The van der Waals surface area contributed by atoms with E-state index in [9.17, 15) is 13.2 Å². The van der Waals surface area contributed by atoms with Crippen molar-refractivity contribution in [2.75, 3.05) is 13.1 Å². The van der Waals surface area contributed by atoms with E-state index in [1.165, 1.54) is 21.7 Å². The van der Waals surface area contributed by atoms with Crippen LogP contribution < -0.4 is 5.56 Å². The van der Waals surface area contributed by atoms with Gasteiger partial charge >= 0.3 is 0 Å². The molecule has 24 heavy (non-hydrogen) atoms. The number of hydrogen-bond donors (Lipinski definition) is 0. The highest BCUT2D eigenvalue weighted by Crippen LogP contribution is 2.24. The Labute approximate surface area is 142 Å². The molecule has 1 aliphatic heterocycles. The summed E-state index contributed by atoms with van der Waals surface area (Å²) in [6, 6.07) is 4.62. The highest BCUT2D eigenvalue weighted by molar-refractivity contribution is 7.89. The summed E-state index contributed by atoms with van der Waals surface area (Å²) in [4.78, 5) is 17.0. The molecule has 126 valence electrons. The van der Waals surface area contributed by atoms with Crippen LogP contribution in [0.25, 0.3) is 15.9 Å². The van der Waals surface area contributed by atoms with Gasteiger partial charge in [0.2, 0.25) is 15.0 Å². The summed E-state index contributed by atoms with van der Waals surface area (Å²) < 4.78 is 28.7. The van der Waals surface area contributed by atoms with Crippen LogP contribution in [0.15, 0.2) is 27.9 Å². The maximum absolute atomic E-state index is 12.8. The molecule has 1 saturated heterocycles. The fourth-order valence-corrected chi connectivity index (χ4v) is 5.32. The second-order valence-electron chi connectivity index (χ2n) is 5.88. The predicted octanol–water partition coefficient (Wildman–Crippen LogP) is 1.79. The van der Waals surface area contributed by atoms with Gasteiger partial charge in [-0.15, -0.1) is 0 Å². The Morgan fingerprint density at radius 1 is 1.17 bits per heavy atom. The van der Waals surface area contributed by atoms with Gasteiger partial charge < -0.3 is 0 Å². The van der Waals surface area contributed by atoms with Gasteiger partial charge in [0.1, 0.15) is 5.01 Å². The van der Waals surface area contributed by atoms with Crippen molar-refractivity contribution in [2.45, 2.75) is 31.1 Å². The van der Waals surface area contributed by atoms with Gasteiger partial charge in [-0.3, -0.25) is 4.79 Å². The lowest BCUT2D eigenvalue weighted by molar-refractivity contribution is 0.346. The lowest BCUT2D eigenvalue weighted by Crippen LogP contribution is -2.35. The third kappa shape index (κ3) is 2.43. The van der Waals surface area contributed by atoms with E-state index in [-0.39, 0.29) is 10.3 Å². The van der Waals surface area contributed by atoms with Gasteiger partial charge in [-0.1, -0.05) is 17.8 Å². The summed E-state index contributed by atoms with van der Waals surface area (Å²) in [6.45, 7) is 2.90. The van der Waals surface area contributed by atoms with Gasteiger partial charge in [0.15, 0.2) is 0 Å². The molecule has 1 aliphatic rings. The van der Waals surface area contributed by atoms with E-state index in [0.29, 0.717) is 23.6 Å². The zero-order valence-corrected chi connectivity index (χ0v) is 14.7. The number of nitrogens with zero attached hydrogens (tertiary/aromatic N) is 4. The number of hydrogen-bond acceptors (Lipinski definition) is 6. The molecule has 3 heterocycles. The van der Waals surface area contributed by atoms with Gasteiger partial charge in [0.25, 0.3) is 5.56 Å². The number of sulfonamides is 1. The molecule has 7 nitrogen and oxygen atoms in total. The molecule has 1 fully saturated rings. The van der Waals surface area contributed by atoms with Gasteiger partial charge in [-0.2, -0.15) is 14.4 Å². The largest absolute Gasteiger partial charge is 0.281 e. The second kappa shape index (κ2) is 5.61. The van der Waals surface area contributed by atoms with Crippen molar-refractivity contribution in [2.24, 2.45) is 0 Å². The summed E-state index contributed by atoms with van der Waals surface area (Å²) >= 11 is 1.33. The summed E-state index contributed by atoms with van der Waals surface area (Å²) in [5.74, 6) is 0. The van der Waals surface area contributed by atoms with Gasteiger partial charge in [-0.25, -0.2) is 12.9 Å². The Balaban J connectivity index is 1.91. The zero-order chi connectivity index (χ0) is 16.9. The normalized spacial score (nSPS) is 16.9. The minimum Gasteiger partial charge on any atom is -0.267 e. The maximum Gasteiger partial charge on any atom is 0.281 e. The average molecular weight is 364 g/mol. The molecule has 9 heteroatoms. The monoisotopic (exact) mass is 364 g/mol. The Kier molecular flexibility index (Phi) is 3.66. The first-order valence-electron chi connectivity index (χ1n) is 7.77. The highest BCUT2D eigenvalue weighted by atomic mass is 32.2. The minimum atomic E-state index is -3.58. The number of rotatable bonds is 2. The van der Waals surface area contributed by atoms with Gasteiger partial charge in [0.05, 0.1) is 15.8 Å². The van der Waals surface area contributed by atoms with Gasteiger partial charge in [0, 0.05) is 13.1 Å².